The molecule has 2 amide bonds. The molecule has 25 heavy (non-hydrogen) atoms. The van der Waals surface area contributed by atoms with Crippen LogP contribution in [0.4, 0.5) is 5.69 Å². The number of halogens is 1. The van der Waals surface area contributed by atoms with Gasteiger partial charge in [0.2, 0.25) is 12.0 Å². The Labute approximate surface area is 153 Å². The number of hydrogen-bond donors (Lipinski definition) is 2. The van der Waals surface area contributed by atoms with Crippen LogP contribution in [0.2, 0.25) is 4.34 Å². The summed E-state index contributed by atoms with van der Waals surface area (Å²) in [6.07, 6.45) is -0.141. The Morgan fingerprint density at radius 2 is 2.12 bits per heavy atom. The van der Waals surface area contributed by atoms with E-state index >= 15 is 0 Å². The fourth-order valence-electron chi connectivity index (χ4n) is 2.40. The van der Waals surface area contributed by atoms with Crippen LogP contribution in [0.1, 0.15) is 16.9 Å². The molecule has 1 atom stereocenters. The predicted octanol–water partition coefficient (Wildman–Crippen LogP) is 2.82. The first kappa shape index (κ1) is 17.4. The van der Waals surface area contributed by atoms with Gasteiger partial charge in [-0.05, 0) is 23.8 Å². The van der Waals surface area contributed by atoms with Gasteiger partial charge in [-0.1, -0.05) is 35.0 Å². The molecule has 0 fully saturated rings. The average Bonchev–Trinajstić information content (AvgIpc) is 3.25. The highest BCUT2D eigenvalue weighted by atomic mass is 35.5. The molecule has 1 aromatic heterocycles. The van der Waals surface area contributed by atoms with Crippen LogP contribution in [0.15, 0.2) is 41.6 Å². The maximum Gasteiger partial charge on any atom is 0.268 e. The molecule has 1 aliphatic heterocycles. The quantitative estimate of drug-likeness (QED) is 0.840. The summed E-state index contributed by atoms with van der Waals surface area (Å²) in [4.78, 5) is 30.2. The van der Waals surface area contributed by atoms with Gasteiger partial charge in [0.05, 0.1) is 15.6 Å². The fraction of sp³-hybridized carbons (Fsp3) is 0.235. The zero-order valence-corrected chi connectivity index (χ0v) is 15.0. The number of carbonyl (C=O) groups excluding carboxylic acids is 2. The zero-order chi connectivity index (χ0) is 17.8. The zero-order valence-electron chi connectivity index (χ0n) is 13.4. The maximum atomic E-state index is 12.5. The van der Waals surface area contributed by atoms with E-state index in [2.05, 4.69) is 15.8 Å². The lowest BCUT2D eigenvalue weighted by atomic mass is 10.1. The van der Waals surface area contributed by atoms with Crippen molar-refractivity contribution in [2.75, 3.05) is 12.4 Å². The molecule has 130 valence electrons. The van der Waals surface area contributed by atoms with Gasteiger partial charge in [-0.3, -0.25) is 9.59 Å². The van der Waals surface area contributed by atoms with E-state index in [9.17, 15) is 9.59 Å². The Balaban J connectivity index is 1.65. The second-order valence-corrected chi connectivity index (χ2v) is 7.15. The van der Waals surface area contributed by atoms with E-state index in [1.54, 1.807) is 31.3 Å². The summed E-state index contributed by atoms with van der Waals surface area (Å²) >= 11 is 7.32. The molecule has 2 N–H and O–H groups in total. The van der Waals surface area contributed by atoms with E-state index in [1.807, 2.05) is 12.1 Å². The third-order valence-electron chi connectivity index (χ3n) is 3.72. The first-order valence-electron chi connectivity index (χ1n) is 7.64. The van der Waals surface area contributed by atoms with Crippen LogP contribution in [-0.2, 0) is 20.8 Å². The number of thiophene rings is 1. The highest BCUT2D eigenvalue weighted by molar-refractivity contribution is 7.18. The topological polar surface area (TPSA) is 79.8 Å². The van der Waals surface area contributed by atoms with Crippen LogP contribution in [0.5, 0.6) is 0 Å². The molecule has 2 aromatic rings. The average molecular weight is 378 g/mol. The highest BCUT2D eigenvalue weighted by Crippen LogP contribution is 2.27. The number of carbonyl (C=O) groups is 2. The van der Waals surface area contributed by atoms with Crippen molar-refractivity contribution in [2.24, 2.45) is 5.16 Å². The number of hydrogen-bond acceptors (Lipinski definition) is 5. The van der Waals surface area contributed by atoms with Crippen LogP contribution in [0, 0.1) is 0 Å². The Bertz CT molecular complexity index is 834. The van der Waals surface area contributed by atoms with Crippen LogP contribution in [-0.4, -0.2) is 30.7 Å². The molecule has 1 aliphatic rings. The van der Waals surface area contributed by atoms with Gasteiger partial charge in [0, 0.05) is 19.2 Å². The molecule has 6 nitrogen and oxygen atoms in total. The number of para-hydroxylation sites is 1. The van der Waals surface area contributed by atoms with E-state index in [0.717, 1.165) is 10.4 Å². The minimum atomic E-state index is -0.705. The molecule has 8 heteroatoms. The van der Waals surface area contributed by atoms with E-state index in [1.165, 1.54) is 11.3 Å². The van der Waals surface area contributed by atoms with E-state index in [-0.39, 0.29) is 18.2 Å². The molecule has 3 rings (SSSR count). The lowest BCUT2D eigenvalue weighted by Gasteiger charge is -2.13. The molecule has 1 unspecified atom stereocenters. The Hall–Kier alpha value is -2.38. The Kier molecular flexibility index (Phi) is 5.35. The van der Waals surface area contributed by atoms with Crippen molar-refractivity contribution in [1.82, 2.24) is 5.32 Å². The summed E-state index contributed by atoms with van der Waals surface area (Å²) in [5.41, 5.74) is 2.03. The van der Waals surface area contributed by atoms with Gasteiger partial charge < -0.3 is 15.5 Å². The standard InChI is InChI=1S/C17H16ClN3O3S/c1-19-16(22)8-10-4-2-3-5-11(10)20-17(23)13-9-12(21-24-13)14-6-7-15(18)25-14/h2-7,13H,8-9H2,1H3,(H,19,22)(H,20,23). The van der Waals surface area contributed by atoms with Crippen molar-refractivity contribution in [3.05, 3.63) is 51.2 Å². The van der Waals surface area contributed by atoms with Crippen molar-refractivity contribution in [2.45, 2.75) is 18.9 Å². The summed E-state index contributed by atoms with van der Waals surface area (Å²) in [6.45, 7) is 0. The lowest BCUT2D eigenvalue weighted by Crippen LogP contribution is -2.29. The van der Waals surface area contributed by atoms with E-state index < -0.39 is 6.10 Å². The third kappa shape index (κ3) is 4.18. The second-order valence-electron chi connectivity index (χ2n) is 5.44. The first-order valence-corrected chi connectivity index (χ1v) is 8.84. The number of oxime groups is 1. The predicted molar refractivity (Wildman–Crippen MR) is 98.2 cm³/mol. The number of rotatable bonds is 5. The SMILES string of the molecule is CNC(=O)Cc1ccccc1NC(=O)C1CC(c2ccc(Cl)s2)=NO1. The smallest absolute Gasteiger partial charge is 0.268 e. The third-order valence-corrected chi connectivity index (χ3v) is 5.00. The van der Waals surface area contributed by atoms with Crippen molar-refractivity contribution in [3.8, 4) is 0 Å². The summed E-state index contributed by atoms with van der Waals surface area (Å²) in [7, 11) is 1.57. The van der Waals surface area contributed by atoms with Crippen molar-refractivity contribution in [1.29, 1.82) is 0 Å². The second kappa shape index (κ2) is 7.67. The molecule has 0 saturated carbocycles. The minimum Gasteiger partial charge on any atom is -0.382 e. The molecule has 1 aromatic carbocycles. The molecule has 0 bridgehead atoms. The largest absolute Gasteiger partial charge is 0.382 e. The number of nitrogens with one attached hydrogen (secondary N) is 2. The highest BCUT2D eigenvalue weighted by Gasteiger charge is 2.30. The van der Waals surface area contributed by atoms with Crippen LogP contribution < -0.4 is 10.6 Å². The van der Waals surface area contributed by atoms with Crippen LogP contribution in [0.25, 0.3) is 0 Å². The summed E-state index contributed by atoms with van der Waals surface area (Å²) in [6, 6.07) is 10.8. The van der Waals surface area contributed by atoms with E-state index in [0.29, 0.717) is 22.2 Å². The Morgan fingerprint density at radius 3 is 2.84 bits per heavy atom. The number of anilines is 1. The van der Waals surface area contributed by atoms with Crippen molar-refractivity contribution < 1.29 is 14.4 Å². The minimum absolute atomic E-state index is 0.126. The molecular weight excluding hydrogens is 362 g/mol. The fourth-order valence-corrected chi connectivity index (χ4v) is 3.44. The molecule has 0 radical (unpaired) electrons. The molecule has 0 saturated heterocycles. The van der Waals surface area contributed by atoms with Gasteiger partial charge in [-0.25, -0.2) is 0 Å². The number of benzene rings is 1. The molecular formula is C17H16ClN3O3S. The van der Waals surface area contributed by atoms with Gasteiger partial charge >= 0.3 is 0 Å². The molecule has 2 heterocycles. The number of nitrogens with zero attached hydrogens (tertiary/aromatic N) is 1. The van der Waals surface area contributed by atoms with E-state index in [4.69, 9.17) is 16.4 Å². The van der Waals surface area contributed by atoms with Crippen LogP contribution in [0.3, 0.4) is 0 Å². The molecule has 0 spiro atoms. The summed E-state index contributed by atoms with van der Waals surface area (Å²) in [5, 5.41) is 9.38. The summed E-state index contributed by atoms with van der Waals surface area (Å²) in [5.74, 6) is -0.426. The monoisotopic (exact) mass is 377 g/mol. The van der Waals surface area contributed by atoms with Crippen LogP contribution >= 0.6 is 22.9 Å². The lowest BCUT2D eigenvalue weighted by molar-refractivity contribution is -0.125. The molecule has 0 aliphatic carbocycles. The van der Waals surface area contributed by atoms with Gasteiger partial charge in [0.1, 0.15) is 5.71 Å². The first-order chi connectivity index (χ1) is 12.1. The Morgan fingerprint density at radius 1 is 1.32 bits per heavy atom. The number of likely N-dealkylation sites (N-methyl/N-ethyl adjacent to an activating group) is 1. The normalized spacial score (nSPS) is 16.1. The summed E-state index contributed by atoms with van der Waals surface area (Å²) < 4.78 is 0.661. The van der Waals surface area contributed by atoms with Gasteiger partial charge in [0.15, 0.2) is 0 Å². The number of amides is 2. The van der Waals surface area contributed by atoms with Crippen molar-refractivity contribution >= 4 is 46.2 Å². The van der Waals surface area contributed by atoms with Crippen molar-refractivity contribution in [3.63, 3.8) is 0 Å². The maximum absolute atomic E-state index is 12.5. The van der Waals surface area contributed by atoms with Gasteiger partial charge in [-0.2, -0.15) is 0 Å². The van der Waals surface area contributed by atoms with Gasteiger partial charge in [0.25, 0.3) is 5.91 Å². The van der Waals surface area contributed by atoms with Gasteiger partial charge in [-0.15, -0.1) is 11.3 Å².